The molecule has 3 heterocycles. The highest BCUT2D eigenvalue weighted by Gasteiger charge is 2.34. The van der Waals surface area contributed by atoms with Gasteiger partial charge in [0.05, 0.1) is 12.1 Å². The molecule has 0 aliphatic carbocycles. The maximum absolute atomic E-state index is 13.7. The molecule has 2 aliphatic rings. The zero-order chi connectivity index (χ0) is 25.8. The minimum atomic E-state index is -0.431. The molecular formula is C28H28F2N2O4S. The Balaban J connectivity index is 1.35. The van der Waals surface area contributed by atoms with E-state index < -0.39 is 11.6 Å². The van der Waals surface area contributed by atoms with Gasteiger partial charge >= 0.3 is 0 Å². The van der Waals surface area contributed by atoms with Crippen LogP contribution in [0.1, 0.15) is 39.7 Å². The summed E-state index contributed by atoms with van der Waals surface area (Å²) in [6.45, 7) is 1.43. The molecule has 2 aliphatic heterocycles. The third kappa shape index (κ3) is 5.99. The van der Waals surface area contributed by atoms with Gasteiger partial charge in [0, 0.05) is 36.2 Å². The predicted molar refractivity (Wildman–Crippen MR) is 136 cm³/mol. The Hall–Kier alpha value is -3.30. The number of amides is 2. The highest BCUT2D eigenvalue weighted by atomic mass is 32.1. The van der Waals surface area contributed by atoms with Gasteiger partial charge in [0.1, 0.15) is 30.5 Å². The second kappa shape index (κ2) is 11.4. The maximum atomic E-state index is 13.7. The molecule has 6 nitrogen and oxygen atoms in total. The van der Waals surface area contributed by atoms with Crippen molar-refractivity contribution in [2.75, 3.05) is 32.8 Å². The van der Waals surface area contributed by atoms with E-state index in [1.54, 1.807) is 28.4 Å². The van der Waals surface area contributed by atoms with Crippen molar-refractivity contribution in [3.05, 3.63) is 87.6 Å². The molecule has 1 aromatic heterocycles. The second-order valence-electron chi connectivity index (χ2n) is 9.25. The van der Waals surface area contributed by atoms with Crippen molar-refractivity contribution >= 4 is 23.2 Å². The van der Waals surface area contributed by atoms with Crippen LogP contribution in [0.25, 0.3) is 0 Å². The summed E-state index contributed by atoms with van der Waals surface area (Å²) in [5.41, 5.74) is 1.33. The molecule has 1 fully saturated rings. The minimum absolute atomic E-state index is 0.133. The molecule has 0 saturated carbocycles. The van der Waals surface area contributed by atoms with Crippen molar-refractivity contribution in [1.29, 1.82) is 0 Å². The molecule has 0 unspecified atom stereocenters. The molecule has 1 saturated heterocycles. The number of carbonyl (C=O) groups excluding carboxylic acids is 2. The number of hydrogen-bond acceptors (Lipinski definition) is 5. The van der Waals surface area contributed by atoms with E-state index in [4.69, 9.17) is 9.47 Å². The predicted octanol–water partition coefficient (Wildman–Crippen LogP) is 4.85. The van der Waals surface area contributed by atoms with Crippen molar-refractivity contribution in [3.63, 3.8) is 0 Å². The summed E-state index contributed by atoms with van der Waals surface area (Å²) in [7, 11) is 0. The van der Waals surface area contributed by atoms with Gasteiger partial charge in [-0.25, -0.2) is 8.78 Å². The van der Waals surface area contributed by atoms with E-state index in [1.807, 2.05) is 11.4 Å². The summed E-state index contributed by atoms with van der Waals surface area (Å²) in [6.07, 6.45) is 2.29. The van der Waals surface area contributed by atoms with Gasteiger partial charge in [-0.1, -0.05) is 6.07 Å². The fraction of sp³-hybridized carbons (Fsp3) is 0.357. The van der Waals surface area contributed by atoms with Crippen LogP contribution in [0.2, 0.25) is 0 Å². The van der Waals surface area contributed by atoms with Gasteiger partial charge in [0.2, 0.25) is 5.91 Å². The van der Waals surface area contributed by atoms with Gasteiger partial charge in [-0.05, 0) is 72.7 Å². The Morgan fingerprint density at radius 3 is 2.70 bits per heavy atom. The summed E-state index contributed by atoms with van der Waals surface area (Å²) in [6, 6.07) is 12.9. The highest BCUT2D eigenvalue weighted by molar-refractivity contribution is 7.10. The number of benzene rings is 2. The highest BCUT2D eigenvalue weighted by Crippen LogP contribution is 2.34. The first-order valence-electron chi connectivity index (χ1n) is 12.4. The number of thiophene rings is 1. The molecule has 2 aromatic carbocycles. The molecule has 37 heavy (non-hydrogen) atoms. The average Bonchev–Trinajstić information content (AvgIpc) is 3.59. The lowest BCUT2D eigenvalue weighted by atomic mass is 10.00. The molecule has 2 amide bonds. The van der Waals surface area contributed by atoms with E-state index in [0.717, 1.165) is 18.4 Å². The number of hydrogen-bond donors (Lipinski definition) is 0. The lowest BCUT2D eigenvalue weighted by Gasteiger charge is -2.37. The monoisotopic (exact) mass is 526 g/mol. The standard InChI is InChI=1S/C28H28F2N2O4S/c29-20-8-6-19(7-9-20)28(34)31(16-23-5-2-13-35-23)17-27(33)32-12-10-26-24(11-14-37-26)25(32)18-36-22-4-1-3-21(30)15-22/h1,3-4,6-9,11,14-15,23,25H,2,5,10,12-13,16-18H2/t23-,25-/m1/s1. The Kier molecular flexibility index (Phi) is 7.81. The lowest BCUT2D eigenvalue weighted by Crippen LogP contribution is -2.49. The SMILES string of the molecule is O=C(c1ccc(F)cc1)N(CC(=O)N1CCc2sccc2[C@H]1COc1cccc(F)c1)C[C@H]1CCCO1. The second-order valence-corrected chi connectivity index (χ2v) is 10.2. The third-order valence-electron chi connectivity index (χ3n) is 6.77. The van der Waals surface area contributed by atoms with Crippen LogP contribution in [0.15, 0.2) is 60.0 Å². The van der Waals surface area contributed by atoms with Crippen molar-refractivity contribution in [1.82, 2.24) is 9.80 Å². The number of ether oxygens (including phenoxy) is 2. The molecule has 2 atom stereocenters. The fourth-order valence-electron chi connectivity index (χ4n) is 4.89. The molecule has 0 bridgehead atoms. The van der Waals surface area contributed by atoms with Gasteiger partial charge in [-0.3, -0.25) is 9.59 Å². The quantitative estimate of drug-likeness (QED) is 0.421. The normalized spacial score (nSPS) is 18.9. The van der Waals surface area contributed by atoms with Crippen LogP contribution in [0.4, 0.5) is 8.78 Å². The van der Waals surface area contributed by atoms with E-state index in [2.05, 4.69) is 0 Å². The largest absolute Gasteiger partial charge is 0.491 e. The summed E-state index contributed by atoms with van der Waals surface area (Å²) < 4.78 is 38.8. The Morgan fingerprint density at radius 2 is 1.95 bits per heavy atom. The van der Waals surface area contributed by atoms with Crippen molar-refractivity contribution < 1.29 is 27.8 Å². The summed E-state index contributed by atoms with van der Waals surface area (Å²) in [4.78, 5) is 31.5. The maximum Gasteiger partial charge on any atom is 0.254 e. The van der Waals surface area contributed by atoms with E-state index in [0.29, 0.717) is 30.9 Å². The number of halogens is 2. The summed E-state index contributed by atoms with van der Waals surface area (Å²) in [5, 5.41) is 2.00. The topological polar surface area (TPSA) is 59.1 Å². The van der Waals surface area contributed by atoms with E-state index in [1.165, 1.54) is 46.2 Å². The van der Waals surface area contributed by atoms with Crippen LogP contribution in [0.5, 0.6) is 5.75 Å². The molecule has 194 valence electrons. The molecular weight excluding hydrogens is 498 g/mol. The van der Waals surface area contributed by atoms with Crippen LogP contribution in [-0.4, -0.2) is 60.6 Å². The van der Waals surface area contributed by atoms with E-state index in [9.17, 15) is 18.4 Å². The number of fused-ring (bicyclic) bond motifs is 1. The number of rotatable bonds is 8. The lowest BCUT2D eigenvalue weighted by molar-refractivity contribution is -0.135. The Bertz CT molecular complexity index is 1240. The van der Waals surface area contributed by atoms with Crippen molar-refractivity contribution in [2.45, 2.75) is 31.4 Å². The van der Waals surface area contributed by atoms with Crippen LogP contribution in [-0.2, 0) is 16.0 Å². The number of carbonyl (C=O) groups is 2. The van der Waals surface area contributed by atoms with E-state index in [-0.39, 0.29) is 43.7 Å². The minimum Gasteiger partial charge on any atom is -0.491 e. The zero-order valence-electron chi connectivity index (χ0n) is 20.3. The molecule has 5 rings (SSSR count). The van der Waals surface area contributed by atoms with E-state index >= 15 is 0 Å². The van der Waals surface area contributed by atoms with Crippen LogP contribution < -0.4 is 4.74 Å². The Morgan fingerprint density at radius 1 is 1.11 bits per heavy atom. The first kappa shape index (κ1) is 25.4. The van der Waals surface area contributed by atoms with Crippen molar-refractivity contribution in [2.24, 2.45) is 0 Å². The van der Waals surface area contributed by atoms with Gasteiger partial charge in [0.25, 0.3) is 5.91 Å². The summed E-state index contributed by atoms with van der Waals surface area (Å²) in [5.74, 6) is -0.988. The van der Waals surface area contributed by atoms with Gasteiger partial charge in [0.15, 0.2) is 0 Å². The van der Waals surface area contributed by atoms with Crippen molar-refractivity contribution in [3.8, 4) is 5.75 Å². The number of nitrogens with zero attached hydrogens (tertiary/aromatic N) is 2. The molecule has 9 heteroatoms. The zero-order valence-corrected chi connectivity index (χ0v) is 21.1. The smallest absolute Gasteiger partial charge is 0.254 e. The first-order valence-corrected chi connectivity index (χ1v) is 13.3. The summed E-state index contributed by atoms with van der Waals surface area (Å²) >= 11 is 1.64. The van der Waals surface area contributed by atoms with Crippen LogP contribution in [0.3, 0.4) is 0 Å². The first-order chi connectivity index (χ1) is 18.0. The molecule has 0 N–H and O–H groups in total. The molecule has 3 aromatic rings. The molecule has 0 spiro atoms. The van der Waals surface area contributed by atoms with Gasteiger partial charge < -0.3 is 19.3 Å². The van der Waals surface area contributed by atoms with Gasteiger partial charge in [-0.15, -0.1) is 11.3 Å². The van der Waals surface area contributed by atoms with Crippen LogP contribution >= 0.6 is 11.3 Å². The average molecular weight is 527 g/mol. The Labute approximate surface area is 218 Å². The van der Waals surface area contributed by atoms with Gasteiger partial charge in [-0.2, -0.15) is 0 Å². The third-order valence-corrected chi connectivity index (χ3v) is 7.77. The molecule has 0 radical (unpaired) electrons. The van der Waals surface area contributed by atoms with Crippen LogP contribution in [0, 0.1) is 11.6 Å². The fourth-order valence-corrected chi connectivity index (χ4v) is 5.82.